The maximum atomic E-state index is 15.3. The second-order valence-electron chi connectivity index (χ2n) is 18.8. The summed E-state index contributed by atoms with van der Waals surface area (Å²) in [5.74, 6) is -2.56. The fourth-order valence-corrected chi connectivity index (χ4v) is 10.8. The van der Waals surface area contributed by atoms with Crippen LogP contribution in [0.3, 0.4) is 0 Å². The van der Waals surface area contributed by atoms with Crippen LogP contribution in [0.5, 0.6) is 0 Å². The number of rotatable bonds is 16. The minimum atomic E-state index is -4.58. The molecule has 1 aliphatic carbocycles. The molecule has 0 bridgehead atoms. The first-order valence-corrected chi connectivity index (χ1v) is 25.4. The molecule has 0 saturated carbocycles. The summed E-state index contributed by atoms with van der Waals surface area (Å²) in [4.78, 5) is 44.0. The Hall–Kier alpha value is -6.06. The summed E-state index contributed by atoms with van der Waals surface area (Å²) in [6.45, 7) is 13.1. The SMILES string of the molecule is CCCC[N+]1=C(/C=C/C2=CC(=C/C=C3/N(CCCS(=O)(=O)O)c4ccc(S(=O)(=O)O)cc4C3(C)C)/CC(C(=O)c3ccc(C)cc3)(C(=O)c3ccc(C(=O)O)cc3)C2)C(C)(C)c2ccccc21. The van der Waals surface area contributed by atoms with Gasteiger partial charge in [0, 0.05) is 58.6 Å². The first kappa shape index (κ1) is 48.9. The molecule has 1 unspecified atom stereocenters. The number of unbranched alkanes of at least 4 members (excludes halogenated alkanes) is 1. The highest BCUT2D eigenvalue weighted by molar-refractivity contribution is 7.86. The molecule has 3 N–H and O–H groups in total. The van der Waals surface area contributed by atoms with Crippen molar-refractivity contribution in [1.29, 1.82) is 0 Å². The number of carboxylic acid groups (broad SMARTS) is 1. The number of carbonyl (C=O) groups excluding carboxylic acids is 2. The van der Waals surface area contributed by atoms with Crippen LogP contribution in [0.1, 0.15) is 114 Å². The lowest BCUT2D eigenvalue weighted by Crippen LogP contribution is -2.42. The van der Waals surface area contributed by atoms with Crippen molar-refractivity contribution in [3.8, 4) is 0 Å². The van der Waals surface area contributed by atoms with Crippen LogP contribution in [-0.4, -0.2) is 77.7 Å². The molecule has 14 heteroatoms. The molecule has 350 valence electrons. The van der Waals surface area contributed by atoms with Crippen molar-refractivity contribution in [2.24, 2.45) is 5.41 Å². The van der Waals surface area contributed by atoms with E-state index in [0.29, 0.717) is 33.7 Å². The van der Waals surface area contributed by atoms with Gasteiger partial charge in [0.05, 0.1) is 21.6 Å². The van der Waals surface area contributed by atoms with E-state index in [0.717, 1.165) is 36.3 Å². The number of carboxylic acids is 1. The molecule has 12 nitrogen and oxygen atoms in total. The monoisotopic (exact) mass is 945 g/mol. The van der Waals surface area contributed by atoms with Crippen molar-refractivity contribution in [2.45, 2.75) is 89.4 Å². The Morgan fingerprint density at radius 2 is 1.37 bits per heavy atom. The predicted octanol–water partition coefficient (Wildman–Crippen LogP) is 10.0. The summed E-state index contributed by atoms with van der Waals surface area (Å²) in [7, 11) is -8.89. The summed E-state index contributed by atoms with van der Waals surface area (Å²) >= 11 is 0. The van der Waals surface area contributed by atoms with Crippen molar-refractivity contribution in [3.63, 3.8) is 0 Å². The minimum Gasteiger partial charge on any atom is -0.478 e. The largest absolute Gasteiger partial charge is 0.478 e. The summed E-state index contributed by atoms with van der Waals surface area (Å²) in [6, 6.07) is 25.2. The lowest BCUT2D eigenvalue weighted by molar-refractivity contribution is -0.438. The van der Waals surface area contributed by atoms with Crippen LogP contribution >= 0.6 is 0 Å². The number of ketones is 2. The number of aryl methyl sites for hydroxylation is 1. The van der Waals surface area contributed by atoms with Gasteiger partial charge in [0.2, 0.25) is 5.69 Å². The smallest absolute Gasteiger partial charge is 0.335 e. The van der Waals surface area contributed by atoms with Crippen molar-refractivity contribution in [2.75, 3.05) is 23.7 Å². The van der Waals surface area contributed by atoms with Crippen molar-refractivity contribution in [1.82, 2.24) is 0 Å². The van der Waals surface area contributed by atoms with Crippen LogP contribution < -0.4 is 4.90 Å². The van der Waals surface area contributed by atoms with Gasteiger partial charge < -0.3 is 10.0 Å². The molecule has 3 aliphatic rings. The standard InChI is InChI=1S/C53H56N2O10S2/c1-7-8-28-54-44-13-10-9-12-42(44)51(3,4)46(54)26-16-36-31-37(17-27-47-52(5,6)43-32-41(67(63,64)65)24-25-45(43)55(47)29-11-30-66(60,61)62)34-53(33-36,48(56)38-18-14-35(2)15-19-38)49(57)39-20-22-40(23-21-39)50(58)59/h9-10,12-27,31-32H,7-8,11,28-30,33-34H2,1-6H3,(H2-,58,59,60,61,62,63,64,65)/p+1. The molecule has 4 aromatic carbocycles. The molecule has 4 aromatic rings. The van der Waals surface area contributed by atoms with E-state index in [9.17, 15) is 35.8 Å². The number of hydrogen-bond acceptors (Lipinski definition) is 8. The number of benzene rings is 4. The normalized spacial score (nSPS) is 20.1. The number of nitrogens with zero attached hydrogens (tertiary/aromatic N) is 2. The van der Waals surface area contributed by atoms with Crippen molar-refractivity contribution in [3.05, 3.63) is 172 Å². The molecule has 2 heterocycles. The Kier molecular flexibility index (Phi) is 13.5. The molecule has 0 fully saturated rings. The van der Waals surface area contributed by atoms with Gasteiger partial charge in [0.1, 0.15) is 12.0 Å². The highest BCUT2D eigenvalue weighted by Crippen LogP contribution is 2.50. The van der Waals surface area contributed by atoms with Crippen molar-refractivity contribution < 1.29 is 50.0 Å². The van der Waals surface area contributed by atoms with Gasteiger partial charge in [-0.15, -0.1) is 0 Å². The van der Waals surface area contributed by atoms with Crippen LogP contribution in [0.15, 0.2) is 143 Å². The van der Waals surface area contributed by atoms with E-state index in [-0.39, 0.29) is 47.2 Å². The first-order chi connectivity index (χ1) is 31.5. The topological polar surface area (TPSA) is 186 Å². The Bertz CT molecular complexity index is 3050. The summed E-state index contributed by atoms with van der Waals surface area (Å²) in [5, 5.41) is 9.69. The number of para-hydroxylation sites is 1. The van der Waals surface area contributed by atoms with Crippen LogP contribution in [0.4, 0.5) is 11.4 Å². The van der Waals surface area contributed by atoms with Crippen LogP contribution in [0.25, 0.3) is 0 Å². The van der Waals surface area contributed by atoms with E-state index >= 15 is 9.59 Å². The van der Waals surface area contributed by atoms with Crippen LogP contribution in [0.2, 0.25) is 0 Å². The Labute approximate surface area is 393 Å². The quantitative estimate of drug-likeness (QED) is 0.0420. The third kappa shape index (κ3) is 9.85. The molecule has 0 radical (unpaired) electrons. The fourth-order valence-electron chi connectivity index (χ4n) is 9.79. The molecule has 0 aromatic heterocycles. The Morgan fingerprint density at radius 1 is 0.746 bits per heavy atom. The van der Waals surface area contributed by atoms with Gasteiger partial charge in [0.15, 0.2) is 17.3 Å². The molecule has 0 saturated heterocycles. The van der Waals surface area contributed by atoms with Crippen LogP contribution in [-0.2, 0) is 31.1 Å². The lowest BCUT2D eigenvalue weighted by Gasteiger charge is -2.35. The molecule has 2 aliphatic heterocycles. The van der Waals surface area contributed by atoms with E-state index in [1.165, 1.54) is 42.0 Å². The highest BCUT2D eigenvalue weighted by Gasteiger charge is 2.49. The summed E-state index contributed by atoms with van der Waals surface area (Å²) < 4.78 is 70.2. The minimum absolute atomic E-state index is 0.00955. The summed E-state index contributed by atoms with van der Waals surface area (Å²) in [5.41, 5.74) is 4.86. The van der Waals surface area contributed by atoms with E-state index < -0.39 is 54.4 Å². The zero-order chi connectivity index (χ0) is 48.7. The fraction of sp³-hybridized carbons (Fsp3) is 0.321. The number of carbonyl (C=O) groups is 3. The van der Waals surface area contributed by atoms with Crippen molar-refractivity contribution >= 4 is 54.9 Å². The van der Waals surface area contributed by atoms with Gasteiger partial charge in [-0.1, -0.05) is 106 Å². The maximum Gasteiger partial charge on any atom is 0.335 e. The molecule has 1 atom stereocenters. The highest BCUT2D eigenvalue weighted by atomic mass is 32.2. The third-order valence-corrected chi connectivity index (χ3v) is 15.0. The number of aromatic carboxylic acids is 1. The van der Waals surface area contributed by atoms with Gasteiger partial charge >= 0.3 is 5.97 Å². The molecule has 0 amide bonds. The Balaban J connectivity index is 1.43. The van der Waals surface area contributed by atoms with E-state index in [4.69, 9.17) is 0 Å². The number of anilines is 1. The second-order valence-corrected chi connectivity index (χ2v) is 21.8. The second kappa shape index (κ2) is 18.6. The summed E-state index contributed by atoms with van der Waals surface area (Å²) in [6.07, 6.45) is 11.6. The number of Topliss-reactive ketones (excluding diaryl/α,β-unsaturated/α-hetero) is 2. The lowest BCUT2D eigenvalue weighted by atomic mass is 9.64. The van der Waals surface area contributed by atoms with Gasteiger partial charge in [-0.3, -0.25) is 18.7 Å². The molecule has 0 spiro atoms. The zero-order valence-electron chi connectivity index (χ0n) is 38.6. The van der Waals surface area contributed by atoms with Gasteiger partial charge in [0.25, 0.3) is 20.2 Å². The average molecular weight is 946 g/mol. The van der Waals surface area contributed by atoms with E-state index in [1.54, 1.807) is 18.2 Å². The van der Waals surface area contributed by atoms with Gasteiger partial charge in [-0.2, -0.15) is 21.4 Å². The third-order valence-electron chi connectivity index (χ3n) is 13.4. The van der Waals surface area contributed by atoms with E-state index in [1.807, 2.05) is 74.2 Å². The Morgan fingerprint density at radius 3 is 1.99 bits per heavy atom. The van der Waals surface area contributed by atoms with Gasteiger partial charge in [-0.25, -0.2) is 4.79 Å². The van der Waals surface area contributed by atoms with Gasteiger partial charge in [-0.05, 0) is 93.2 Å². The van der Waals surface area contributed by atoms with E-state index in [2.05, 4.69) is 43.6 Å². The molecule has 7 rings (SSSR count). The number of fused-ring (bicyclic) bond motifs is 2. The maximum absolute atomic E-state index is 15.3. The average Bonchev–Trinajstić information content (AvgIpc) is 3.63. The zero-order valence-corrected chi connectivity index (χ0v) is 40.2. The first-order valence-electron chi connectivity index (χ1n) is 22.4. The molecular formula is C53H57N2O10S2+. The predicted molar refractivity (Wildman–Crippen MR) is 260 cm³/mol. The number of allylic oxidation sites excluding steroid dienone is 8. The molecular weight excluding hydrogens is 889 g/mol. The number of hydrogen-bond donors (Lipinski definition) is 3. The van der Waals surface area contributed by atoms with Crippen LogP contribution in [0, 0.1) is 12.3 Å². The molecule has 67 heavy (non-hydrogen) atoms.